The Bertz CT molecular complexity index is 975. The van der Waals surface area contributed by atoms with E-state index in [1.54, 1.807) is 25.1 Å². The second-order valence-electron chi connectivity index (χ2n) is 10.9. The van der Waals surface area contributed by atoms with Gasteiger partial charge >= 0.3 is 0 Å². The molecule has 0 radical (unpaired) electrons. The third-order valence-electron chi connectivity index (χ3n) is 8.00. The van der Waals surface area contributed by atoms with Gasteiger partial charge in [0.05, 0.1) is 17.1 Å². The molecule has 1 aromatic rings. The first-order valence-electron chi connectivity index (χ1n) is 11.4. The number of hydrogen-bond donors (Lipinski definition) is 1. The quantitative estimate of drug-likeness (QED) is 0.761. The number of amides is 1. The van der Waals surface area contributed by atoms with E-state index >= 15 is 0 Å². The second kappa shape index (κ2) is 7.56. The lowest BCUT2D eigenvalue weighted by atomic mass is 9.68. The zero-order chi connectivity index (χ0) is 22.8. The van der Waals surface area contributed by atoms with E-state index < -0.39 is 10.0 Å². The first-order chi connectivity index (χ1) is 14.3. The van der Waals surface area contributed by atoms with Crippen LogP contribution in [0.3, 0.4) is 0 Å². The average molecular weight is 449 g/mol. The fourth-order valence-electron chi connectivity index (χ4n) is 6.36. The summed E-state index contributed by atoms with van der Waals surface area (Å²) in [5.74, 6) is 0.439. The van der Waals surface area contributed by atoms with Gasteiger partial charge in [-0.25, -0.2) is 8.42 Å². The minimum Gasteiger partial charge on any atom is -0.373 e. The molecule has 4 rings (SSSR count). The first kappa shape index (κ1) is 22.7. The highest BCUT2D eigenvalue weighted by Crippen LogP contribution is 2.62. The Hall–Kier alpha value is -1.44. The predicted molar refractivity (Wildman–Crippen MR) is 120 cm³/mol. The van der Waals surface area contributed by atoms with Crippen molar-refractivity contribution in [3.05, 3.63) is 29.3 Å². The SMILES string of the molecule is Cc1ccc(C(=O)NC2C3(C)CCC(C3)C2(C)C)cc1S(=O)(=O)N1CC(C)OC(C)C1. The lowest BCUT2D eigenvalue weighted by molar-refractivity contribution is -0.0441. The highest BCUT2D eigenvalue weighted by atomic mass is 32.2. The molecule has 2 saturated carbocycles. The van der Waals surface area contributed by atoms with Crippen LogP contribution in [0.1, 0.15) is 69.8 Å². The van der Waals surface area contributed by atoms with Crippen molar-refractivity contribution in [3.63, 3.8) is 0 Å². The van der Waals surface area contributed by atoms with Crippen molar-refractivity contribution in [1.82, 2.24) is 9.62 Å². The summed E-state index contributed by atoms with van der Waals surface area (Å²) in [7, 11) is -3.71. The van der Waals surface area contributed by atoms with Crippen LogP contribution >= 0.6 is 0 Å². The maximum absolute atomic E-state index is 13.4. The van der Waals surface area contributed by atoms with E-state index in [0.29, 0.717) is 30.1 Å². The van der Waals surface area contributed by atoms with Gasteiger partial charge in [0.25, 0.3) is 5.91 Å². The van der Waals surface area contributed by atoms with Crippen LogP contribution in [0.25, 0.3) is 0 Å². The number of benzene rings is 1. The summed E-state index contributed by atoms with van der Waals surface area (Å²) in [6, 6.07) is 5.11. The van der Waals surface area contributed by atoms with E-state index in [1.807, 2.05) is 13.8 Å². The van der Waals surface area contributed by atoms with Crippen LogP contribution in [0.4, 0.5) is 0 Å². The van der Waals surface area contributed by atoms with E-state index in [9.17, 15) is 13.2 Å². The molecule has 0 spiro atoms. The molecule has 3 fully saturated rings. The zero-order valence-electron chi connectivity index (χ0n) is 19.6. The van der Waals surface area contributed by atoms with Gasteiger partial charge in [0.1, 0.15) is 0 Å². The van der Waals surface area contributed by atoms with Gasteiger partial charge < -0.3 is 10.1 Å². The van der Waals surface area contributed by atoms with Crippen molar-refractivity contribution in [2.24, 2.45) is 16.7 Å². The van der Waals surface area contributed by atoms with Crippen molar-refractivity contribution in [1.29, 1.82) is 0 Å². The third kappa shape index (κ3) is 3.83. The summed E-state index contributed by atoms with van der Waals surface area (Å²) in [6.45, 7) is 13.0. The summed E-state index contributed by atoms with van der Waals surface area (Å²) in [5.41, 5.74) is 1.21. The van der Waals surface area contributed by atoms with Gasteiger partial charge in [-0.2, -0.15) is 4.31 Å². The fourth-order valence-corrected chi connectivity index (χ4v) is 8.20. The zero-order valence-corrected chi connectivity index (χ0v) is 20.4. The van der Waals surface area contributed by atoms with E-state index in [0.717, 1.165) is 12.8 Å². The predicted octanol–water partition coefficient (Wildman–Crippen LogP) is 3.74. The smallest absolute Gasteiger partial charge is 0.251 e. The lowest BCUT2D eigenvalue weighted by Gasteiger charge is -2.43. The molecular formula is C24H36N2O4S. The summed E-state index contributed by atoms with van der Waals surface area (Å²) in [6.07, 6.45) is 3.18. The number of ether oxygens (including phenoxy) is 1. The Morgan fingerprint density at radius 3 is 2.39 bits per heavy atom. The summed E-state index contributed by atoms with van der Waals surface area (Å²) in [5, 5.41) is 3.28. The van der Waals surface area contributed by atoms with Crippen LogP contribution in [-0.4, -0.2) is 50.0 Å². The van der Waals surface area contributed by atoms with Crippen LogP contribution < -0.4 is 5.32 Å². The summed E-state index contributed by atoms with van der Waals surface area (Å²) >= 11 is 0. The van der Waals surface area contributed by atoms with E-state index in [1.165, 1.54) is 10.7 Å². The average Bonchev–Trinajstić information content (AvgIpc) is 3.15. The number of rotatable bonds is 4. The van der Waals surface area contributed by atoms with Crippen LogP contribution in [-0.2, 0) is 14.8 Å². The van der Waals surface area contributed by atoms with Gasteiger partial charge in [0, 0.05) is 24.7 Å². The molecule has 3 aliphatic rings. The van der Waals surface area contributed by atoms with Gasteiger partial charge in [0.2, 0.25) is 10.0 Å². The minimum atomic E-state index is -3.71. The molecule has 6 nitrogen and oxygen atoms in total. The number of carbonyl (C=O) groups excluding carboxylic acids is 1. The molecule has 2 bridgehead atoms. The van der Waals surface area contributed by atoms with Gasteiger partial charge in [-0.05, 0) is 74.5 Å². The first-order valence-corrected chi connectivity index (χ1v) is 12.9. The molecule has 2 aliphatic carbocycles. The highest BCUT2D eigenvalue weighted by Gasteiger charge is 2.59. The Kier molecular flexibility index (Phi) is 5.55. The Morgan fingerprint density at radius 2 is 1.81 bits per heavy atom. The van der Waals surface area contributed by atoms with E-state index in [-0.39, 0.29) is 39.9 Å². The number of nitrogens with one attached hydrogen (secondary N) is 1. The standard InChI is InChI=1S/C24H36N2O4S/c1-15-7-8-18(11-20(15)31(28,29)26-13-16(2)30-17(3)14-26)21(27)25-22-23(4,5)19-9-10-24(22,6)12-19/h7-8,11,16-17,19,22H,9-10,12-14H2,1-6H3,(H,25,27). The third-order valence-corrected chi connectivity index (χ3v) is 9.97. The number of hydrogen-bond acceptors (Lipinski definition) is 4. The topological polar surface area (TPSA) is 75.7 Å². The van der Waals surface area contributed by atoms with Crippen molar-refractivity contribution >= 4 is 15.9 Å². The van der Waals surface area contributed by atoms with Gasteiger partial charge in [-0.15, -0.1) is 0 Å². The van der Waals surface area contributed by atoms with Crippen LogP contribution in [0.2, 0.25) is 0 Å². The van der Waals surface area contributed by atoms with Crippen molar-refractivity contribution in [2.75, 3.05) is 13.1 Å². The largest absolute Gasteiger partial charge is 0.373 e. The van der Waals surface area contributed by atoms with E-state index in [4.69, 9.17) is 4.74 Å². The lowest BCUT2D eigenvalue weighted by Crippen LogP contribution is -2.52. The minimum absolute atomic E-state index is 0.0440. The second-order valence-corrected chi connectivity index (χ2v) is 12.8. The van der Waals surface area contributed by atoms with Crippen molar-refractivity contribution in [2.45, 2.75) is 84.0 Å². The molecule has 172 valence electrons. The molecule has 5 unspecified atom stereocenters. The highest BCUT2D eigenvalue weighted by molar-refractivity contribution is 7.89. The van der Waals surface area contributed by atoms with Crippen molar-refractivity contribution < 1.29 is 17.9 Å². The maximum atomic E-state index is 13.4. The van der Waals surface area contributed by atoms with Crippen LogP contribution in [0, 0.1) is 23.7 Å². The van der Waals surface area contributed by atoms with Gasteiger partial charge in [0.15, 0.2) is 0 Å². The Balaban J connectivity index is 1.60. The molecule has 0 aromatic heterocycles. The molecule has 31 heavy (non-hydrogen) atoms. The number of nitrogens with zero attached hydrogens (tertiary/aromatic N) is 1. The number of carbonyl (C=O) groups is 1. The van der Waals surface area contributed by atoms with Gasteiger partial charge in [-0.1, -0.05) is 26.8 Å². The molecule has 7 heteroatoms. The van der Waals surface area contributed by atoms with Crippen LogP contribution in [0.5, 0.6) is 0 Å². The summed E-state index contributed by atoms with van der Waals surface area (Å²) in [4.78, 5) is 13.4. The number of aryl methyl sites for hydroxylation is 1. The summed E-state index contributed by atoms with van der Waals surface area (Å²) < 4.78 is 34.0. The molecule has 1 heterocycles. The Morgan fingerprint density at radius 1 is 1.16 bits per heavy atom. The molecule has 1 aliphatic heterocycles. The fraction of sp³-hybridized carbons (Fsp3) is 0.708. The van der Waals surface area contributed by atoms with Crippen LogP contribution in [0.15, 0.2) is 23.1 Å². The monoisotopic (exact) mass is 448 g/mol. The number of sulfonamides is 1. The molecule has 1 amide bonds. The molecule has 5 atom stereocenters. The van der Waals surface area contributed by atoms with Crippen molar-refractivity contribution in [3.8, 4) is 0 Å². The van der Waals surface area contributed by atoms with E-state index in [2.05, 4.69) is 26.1 Å². The molecular weight excluding hydrogens is 412 g/mol. The Labute approximate surface area is 186 Å². The van der Waals surface area contributed by atoms with Gasteiger partial charge in [-0.3, -0.25) is 4.79 Å². The normalized spacial score (nSPS) is 35.3. The molecule has 1 saturated heterocycles. The maximum Gasteiger partial charge on any atom is 0.251 e. The number of morpholine rings is 1. The number of fused-ring (bicyclic) bond motifs is 2. The molecule has 1 N–H and O–H groups in total. The molecule has 1 aromatic carbocycles.